The maximum Gasteiger partial charge on any atom is 0.410 e. The quantitative estimate of drug-likeness (QED) is 0.709. The van der Waals surface area contributed by atoms with Crippen molar-refractivity contribution < 1.29 is 9.53 Å². The Morgan fingerprint density at radius 2 is 2.07 bits per heavy atom. The normalized spacial score (nSPS) is 15.0. The fraction of sp³-hybridized carbons (Fsp3) is 0.421. The second-order valence-corrected chi connectivity index (χ2v) is 8.08. The summed E-state index contributed by atoms with van der Waals surface area (Å²) in [6.45, 7) is 7.99. The van der Waals surface area contributed by atoms with E-state index in [0.29, 0.717) is 36.9 Å². The zero-order chi connectivity index (χ0) is 21.7. The third-order valence-corrected chi connectivity index (χ3v) is 4.61. The van der Waals surface area contributed by atoms with Crippen molar-refractivity contribution in [1.82, 2.24) is 25.5 Å². The molecule has 0 unspecified atom stereocenters. The van der Waals surface area contributed by atoms with Gasteiger partial charge in [-0.25, -0.2) is 4.79 Å². The number of carbonyl (C=O) groups is 1. The number of anilines is 2. The van der Waals surface area contributed by atoms with Crippen LogP contribution >= 0.6 is 11.6 Å². The van der Waals surface area contributed by atoms with Crippen molar-refractivity contribution >= 4 is 34.6 Å². The number of halogens is 1. The minimum atomic E-state index is -0.510. The first kappa shape index (κ1) is 21.4. The Hall–Kier alpha value is -3.32. The Bertz CT molecular complexity index is 954. The minimum Gasteiger partial charge on any atom is -0.444 e. The van der Waals surface area contributed by atoms with E-state index in [4.69, 9.17) is 16.3 Å². The molecule has 11 heteroatoms. The molecule has 1 amide bonds. The van der Waals surface area contributed by atoms with E-state index in [0.717, 1.165) is 5.69 Å². The number of H-pyrrole nitrogens is 1. The molecule has 2 heterocycles. The van der Waals surface area contributed by atoms with Crippen molar-refractivity contribution in [2.45, 2.75) is 26.4 Å². The van der Waals surface area contributed by atoms with Crippen molar-refractivity contribution in [1.29, 1.82) is 5.26 Å². The van der Waals surface area contributed by atoms with Gasteiger partial charge in [0.05, 0.1) is 10.7 Å². The Labute approximate surface area is 179 Å². The van der Waals surface area contributed by atoms with Gasteiger partial charge in [0, 0.05) is 38.1 Å². The highest BCUT2D eigenvalue weighted by molar-refractivity contribution is 6.33. The summed E-state index contributed by atoms with van der Waals surface area (Å²) < 4.78 is 5.43. The van der Waals surface area contributed by atoms with Gasteiger partial charge in [0.1, 0.15) is 17.2 Å². The van der Waals surface area contributed by atoms with Crippen molar-refractivity contribution in [2.75, 3.05) is 36.4 Å². The number of ether oxygens (including phenoxy) is 1. The number of nitriles is 1. The number of aromatic amines is 1. The van der Waals surface area contributed by atoms with Gasteiger partial charge in [0.2, 0.25) is 5.82 Å². The van der Waals surface area contributed by atoms with Gasteiger partial charge in [0.25, 0.3) is 0 Å². The topological polar surface area (TPSA) is 123 Å². The predicted molar refractivity (Wildman–Crippen MR) is 113 cm³/mol. The molecule has 0 spiro atoms. The van der Waals surface area contributed by atoms with Crippen LogP contribution in [0.4, 0.5) is 16.2 Å². The van der Waals surface area contributed by atoms with E-state index in [1.165, 1.54) is 6.20 Å². The third kappa shape index (κ3) is 5.39. The number of carbonyl (C=O) groups excluding carboxylic acids is 1. The molecule has 10 nitrogen and oxygen atoms in total. The molecule has 1 aromatic carbocycles. The highest BCUT2D eigenvalue weighted by Gasteiger charge is 2.26. The van der Waals surface area contributed by atoms with Gasteiger partial charge in [-0.3, -0.25) is 0 Å². The first-order valence-corrected chi connectivity index (χ1v) is 9.77. The number of tetrazole rings is 1. The molecule has 3 rings (SSSR count). The van der Waals surface area contributed by atoms with Gasteiger partial charge in [-0.1, -0.05) is 11.6 Å². The van der Waals surface area contributed by atoms with Crippen LogP contribution in [0.5, 0.6) is 0 Å². The molecular formula is C19H23ClN8O2. The SMILES string of the molecule is CC(C)(C)OC(=O)N1CCN(c2ccc(NC=C(C#N)c3nn[nH]n3)cc2Cl)CC1. The van der Waals surface area contributed by atoms with E-state index in [-0.39, 0.29) is 17.5 Å². The molecule has 1 saturated heterocycles. The number of rotatable bonds is 4. The number of aromatic nitrogens is 4. The second kappa shape index (κ2) is 9.00. The minimum absolute atomic E-state index is 0.204. The average Bonchev–Trinajstić information content (AvgIpc) is 3.22. The standard InChI is InChI=1S/C19H23ClN8O2/c1-19(2,3)30-18(29)28-8-6-27(7-9-28)16-5-4-14(10-15(16)20)22-12-13(11-21)17-23-25-26-24-17/h4-5,10,12,22H,6-9H2,1-3H3,(H,23,24,25,26). The third-order valence-electron chi connectivity index (χ3n) is 4.31. The zero-order valence-corrected chi connectivity index (χ0v) is 17.8. The summed E-state index contributed by atoms with van der Waals surface area (Å²) in [6, 6.07) is 7.56. The Balaban J connectivity index is 1.61. The van der Waals surface area contributed by atoms with Crippen LogP contribution in [0.25, 0.3) is 5.57 Å². The smallest absolute Gasteiger partial charge is 0.410 e. The summed E-state index contributed by atoms with van der Waals surface area (Å²) in [7, 11) is 0. The van der Waals surface area contributed by atoms with E-state index in [2.05, 4.69) is 30.8 Å². The van der Waals surface area contributed by atoms with Crippen molar-refractivity contribution in [2.24, 2.45) is 0 Å². The summed E-state index contributed by atoms with van der Waals surface area (Å²) in [4.78, 5) is 16.0. The fourth-order valence-electron chi connectivity index (χ4n) is 2.89. The Morgan fingerprint density at radius 3 is 2.63 bits per heavy atom. The molecule has 2 N–H and O–H groups in total. The fourth-order valence-corrected chi connectivity index (χ4v) is 3.19. The zero-order valence-electron chi connectivity index (χ0n) is 17.0. The molecular weight excluding hydrogens is 408 g/mol. The number of allylic oxidation sites excluding steroid dienone is 1. The van der Waals surface area contributed by atoms with Crippen LogP contribution in [0.2, 0.25) is 5.02 Å². The van der Waals surface area contributed by atoms with Crippen LogP contribution in [0.3, 0.4) is 0 Å². The molecule has 0 bridgehead atoms. The molecule has 1 fully saturated rings. The summed E-state index contributed by atoms with van der Waals surface area (Å²) >= 11 is 6.49. The van der Waals surface area contributed by atoms with Gasteiger partial charge in [-0.2, -0.15) is 10.5 Å². The van der Waals surface area contributed by atoms with Crippen LogP contribution in [0.1, 0.15) is 26.6 Å². The number of hydrogen-bond acceptors (Lipinski definition) is 8. The summed E-state index contributed by atoms with van der Waals surface area (Å²) in [5.74, 6) is 0.204. The van der Waals surface area contributed by atoms with Gasteiger partial charge in [-0.05, 0) is 44.2 Å². The van der Waals surface area contributed by atoms with Gasteiger partial charge in [-0.15, -0.1) is 10.2 Å². The largest absolute Gasteiger partial charge is 0.444 e. The van der Waals surface area contributed by atoms with Crippen LogP contribution in [0, 0.1) is 11.3 Å². The number of piperazine rings is 1. The van der Waals surface area contributed by atoms with Crippen molar-refractivity contribution in [3.05, 3.63) is 35.2 Å². The molecule has 30 heavy (non-hydrogen) atoms. The number of nitrogens with one attached hydrogen (secondary N) is 2. The van der Waals surface area contributed by atoms with Gasteiger partial charge < -0.3 is 19.9 Å². The highest BCUT2D eigenvalue weighted by Crippen LogP contribution is 2.30. The maximum atomic E-state index is 12.2. The molecule has 0 saturated carbocycles. The Kier molecular flexibility index (Phi) is 6.42. The predicted octanol–water partition coefficient (Wildman–Crippen LogP) is 2.89. The molecule has 0 radical (unpaired) electrons. The lowest BCUT2D eigenvalue weighted by Gasteiger charge is -2.37. The van der Waals surface area contributed by atoms with Crippen LogP contribution in [-0.2, 0) is 4.74 Å². The first-order chi connectivity index (χ1) is 14.3. The van der Waals surface area contributed by atoms with Crippen molar-refractivity contribution in [3.63, 3.8) is 0 Å². The number of hydrogen-bond donors (Lipinski definition) is 2. The van der Waals surface area contributed by atoms with E-state index in [9.17, 15) is 10.1 Å². The van der Waals surface area contributed by atoms with Gasteiger partial charge in [0.15, 0.2) is 0 Å². The molecule has 158 valence electrons. The summed E-state index contributed by atoms with van der Waals surface area (Å²) in [5.41, 5.74) is 1.33. The van der Waals surface area contributed by atoms with E-state index < -0.39 is 5.60 Å². The lowest BCUT2D eigenvalue weighted by molar-refractivity contribution is 0.0240. The summed E-state index contributed by atoms with van der Waals surface area (Å²) in [6.07, 6.45) is 1.20. The molecule has 1 aliphatic heterocycles. The van der Waals surface area contributed by atoms with Crippen LogP contribution < -0.4 is 10.2 Å². The summed E-state index contributed by atoms with van der Waals surface area (Å²) in [5, 5.41) is 26.1. The second-order valence-electron chi connectivity index (χ2n) is 7.67. The van der Waals surface area contributed by atoms with Crippen LogP contribution in [0.15, 0.2) is 24.4 Å². The Morgan fingerprint density at radius 1 is 1.33 bits per heavy atom. The lowest BCUT2D eigenvalue weighted by atomic mass is 10.2. The van der Waals surface area contributed by atoms with Gasteiger partial charge >= 0.3 is 6.09 Å². The molecule has 2 aromatic rings. The molecule has 0 aliphatic carbocycles. The molecule has 1 aliphatic rings. The molecule has 0 atom stereocenters. The highest BCUT2D eigenvalue weighted by atomic mass is 35.5. The monoisotopic (exact) mass is 430 g/mol. The van der Waals surface area contributed by atoms with E-state index in [1.807, 2.05) is 39.0 Å². The van der Waals surface area contributed by atoms with Crippen LogP contribution in [-0.4, -0.2) is 63.4 Å². The number of amides is 1. The van der Waals surface area contributed by atoms with E-state index >= 15 is 0 Å². The maximum absolute atomic E-state index is 12.2. The number of nitrogens with zero attached hydrogens (tertiary/aromatic N) is 6. The average molecular weight is 431 g/mol. The number of benzene rings is 1. The van der Waals surface area contributed by atoms with Crippen molar-refractivity contribution in [3.8, 4) is 6.07 Å². The molecule has 1 aromatic heterocycles. The van der Waals surface area contributed by atoms with E-state index in [1.54, 1.807) is 11.0 Å². The first-order valence-electron chi connectivity index (χ1n) is 9.40. The lowest BCUT2D eigenvalue weighted by Crippen LogP contribution is -2.50.